The molecule has 0 atom stereocenters. The van der Waals surface area contributed by atoms with Gasteiger partial charge >= 0.3 is 17.8 Å². The van der Waals surface area contributed by atoms with Gasteiger partial charge in [0, 0.05) is 6.54 Å². The van der Waals surface area contributed by atoms with Crippen molar-refractivity contribution in [1.29, 1.82) is 0 Å². The summed E-state index contributed by atoms with van der Waals surface area (Å²) in [5, 5.41) is 15.1. The Hall–Kier alpha value is -3.68. The number of ether oxygens (including phenoxy) is 1. The van der Waals surface area contributed by atoms with Gasteiger partial charge in [-0.2, -0.15) is 5.10 Å². The molecule has 2 aromatic rings. The molecule has 0 saturated heterocycles. The lowest BCUT2D eigenvalue weighted by atomic mass is 10.1. The molecule has 2 amide bonds. The molecule has 0 bridgehead atoms. The summed E-state index contributed by atoms with van der Waals surface area (Å²) in [6.45, 7) is 2.58. The minimum atomic E-state index is -0.977. The summed E-state index contributed by atoms with van der Waals surface area (Å²) in [6.07, 6.45) is 2.14. The zero-order valence-electron chi connectivity index (χ0n) is 15.3. The van der Waals surface area contributed by atoms with Gasteiger partial charge in [0.1, 0.15) is 12.4 Å². The Morgan fingerprint density at radius 3 is 2.54 bits per heavy atom. The highest BCUT2D eigenvalue weighted by Crippen LogP contribution is 2.14. The molecule has 8 heteroatoms. The van der Waals surface area contributed by atoms with E-state index in [1.165, 1.54) is 18.3 Å². The molecule has 8 nitrogen and oxygen atoms in total. The summed E-state index contributed by atoms with van der Waals surface area (Å²) in [5.74, 6) is -1.96. The number of hydrazone groups is 1. The van der Waals surface area contributed by atoms with Gasteiger partial charge in [-0.05, 0) is 41.8 Å². The summed E-state index contributed by atoms with van der Waals surface area (Å²) < 4.78 is 5.68. The second-order valence-corrected chi connectivity index (χ2v) is 5.82. The number of carboxylic acid groups (broad SMARTS) is 1. The van der Waals surface area contributed by atoms with Crippen LogP contribution < -0.4 is 15.5 Å². The lowest BCUT2D eigenvalue weighted by molar-refractivity contribution is -0.139. The van der Waals surface area contributed by atoms with Gasteiger partial charge in [0.05, 0.1) is 11.8 Å². The van der Waals surface area contributed by atoms with Gasteiger partial charge in [-0.15, -0.1) is 0 Å². The van der Waals surface area contributed by atoms with Crippen LogP contribution in [0.5, 0.6) is 5.75 Å². The molecule has 2 rings (SSSR count). The van der Waals surface area contributed by atoms with E-state index in [2.05, 4.69) is 15.8 Å². The van der Waals surface area contributed by atoms with Crippen LogP contribution in [-0.2, 0) is 16.2 Å². The van der Waals surface area contributed by atoms with E-state index in [0.717, 1.165) is 12.0 Å². The number of hydrogen-bond acceptors (Lipinski definition) is 5. The van der Waals surface area contributed by atoms with Crippen LogP contribution in [0.1, 0.15) is 34.8 Å². The van der Waals surface area contributed by atoms with Crippen LogP contribution in [0.4, 0.5) is 0 Å². The summed E-state index contributed by atoms with van der Waals surface area (Å²) in [5.41, 5.74) is 3.88. The number of nitrogens with zero attached hydrogens (tertiary/aromatic N) is 1. The number of nitrogens with one attached hydrogen (secondary N) is 2. The molecular formula is C20H21N3O5. The van der Waals surface area contributed by atoms with Gasteiger partial charge in [0.15, 0.2) is 0 Å². The summed E-state index contributed by atoms with van der Waals surface area (Å²) >= 11 is 0. The average molecular weight is 383 g/mol. The minimum Gasteiger partial charge on any atom is -0.489 e. The zero-order valence-corrected chi connectivity index (χ0v) is 15.3. The Morgan fingerprint density at radius 1 is 1.11 bits per heavy atom. The Labute approximate surface area is 162 Å². The maximum Gasteiger partial charge on any atom is 0.335 e. The fourth-order valence-corrected chi connectivity index (χ4v) is 2.13. The van der Waals surface area contributed by atoms with Crippen molar-refractivity contribution in [3.05, 3.63) is 65.2 Å². The maximum atomic E-state index is 11.5. The van der Waals surface area contributed by atoms with Crippen molar-refractivity contribution in [2.24, 2.45) is 5.10 Å². The molecule has 146 valence electrons. The van der Waals surface area contributed by atoms with Crippen molar-refractivity contribution in [2.75, 3.05) is 6.54 Å². The second-order valence-electron chi connectivity index (χ2n) is 5.82. The molecule has 0 aromatic heterocycles. The van der Waals surface area contributed by atoms with Crippen LogP contribution in [0.25, 0.3) is 0 Å². The fourth-order valence-electron chi connectivity index (χ4n) is 2.13. The molecule has 0 heterocycles. The first-order chi connectivity index (χ1) is 13.5. The van der Waals surface area contributed by atoms with Gasteiger partial charge < -0.3 is 15.2 Å². The SMILES string of the molecule is CCCNC(=O)C(=O)N/N=C\c1cccc(OCc2ccc(C(=O)O)cc2)c1. The van der Waals surface area contributed by atoms with Gasteiger partial charge in [-0.1, -0.05) is 31.2 Å². The van der Waals surface area contributed by atoms with Crippen LogP contribution in [0, 0.1) is 0 Å². The van der Waals surface area contributed by atoms with Gasteiger partial charge in [0.2, 0.25) is 0 Å². The number of carbonyl (C=O) groups excluding carboxylic acids is 2. The predicted molar refractivity (Wildman–Crippen MR) is 103 cm³/mol. The van der Waals surface area contributed by atoms with E-state index in [-0.39, 0.29) is 12.2 Å². The summed E-state index contributed by atoms with van der Waals surface area (Å²) in [7, 11) is 0. The molecule has 0 aliphatic carbocycles. The number of carbonyl (C=O) groups is 3. The third-order valence-electron chi connectivity index (χ3n) is 3.59. The van der Waals surface area contributed by atoms with Crippen molar-refractivity contribution in [2.45, 2.75) is 20.0 Å². The summed E-state index contributed by atoms with van der Waals surface area (Å²) in [4.78, 5) is 33.8. The van der Waals surface area contributed by atoms with Crippen molar-refractivity contribution >= 4 is 24.0 Å². The summed E-state index contributed by atoms with van der Waals surface area (Å²) in [6, 6.07) is 13.4. The van der Waals surface area contributed by atoms with E-state index >= 15 is 0 Å². The van der Waals surface area contributed by atoms with E-state index in [1.54, 1.807) is 36.4 Å². The first-order valence-corrected chi connectivity index (χ1v) is 8.66. The monoisotopic (exact) mass is 383 g/mol. The molecular weight excluding hydrogens is 362 g/mol. The molecule has 0 aliphatic rings. The van der Waals surface area contributed by atoms with Crippen LogP contribution in [-0.4, -0.2) is 35.6 Å². The molecule has 0 saturated carbocycles. The first-order valence-electron chi connectivity index (χ1n) is 8.66. The van der Waals surface area contributed by atoms with E-state index < -0.39 is 17.8 Å². The van der Waals surface area contributed by atoms with Gasteiger partial charge in [0.25, 0.3) is 0 Å². The zero-order chi connectivity index (χ0) is 20.4. The van der Waals surface area contributed by atoms with Crippen LogP contribution in [0.3, 0.4) is 0 Å². The standard InChI is InChI=1S/C20H21N3O5/c1-2-10-21-18(24)19(25)23-22-12-15-4-3-5-17(11-15)28-13-14-6-8-16(9-7-14)20(26)27/h3-9,11-12H,2,10,13H2,1H3,(H,21,24)(H,23,25)(H,26,27)/b22-12-. The van der Waals surface area contributed by atoms with Crippen molar-refractivity contribution in [3.63, 3.8) is 0 Å². The van der Waals surface area contributed by atoms with Gasteiger partial charge in [-0.3, -0.25) is 9.59 Å². The van der Waals surface area contributed by atoms with Crippen LogP contribution in [0.15, 0.2) is 53.6 Å². The average Bonchev–Trinajstić information content (AvgIpc) is 2.71. The van der Waals surface area contributed by atoms with E-state index in [4.69, 9.17) is 9.84 Å². The fraction of sp³-hybridized carbons (Fsp3) is 0.200. The van der Waals surface area contributed by atoms with E-state index in [1.807, 2.05) is 6.92 Å². The molecule has 2 aromatic carbocycles. The molecule has 0 unspecified atom stereocenters. The number of aromatic carboxylic acids is 1. The highest BCUT2D eigenvalue weighted by Gasteiger charge is 2.10. The molecule has 3 N–H and O–H groups in total. The molecule has 0 fully saturated rings. The molecule has 0 aliphatic heterocycles. The molecule has 0 spiro atoms. The number of amides is 2. The number of hydrogen-bond donors (Lipinski definition) is 3. The van der Waals surface area contributed by atoms with Gasteiger partial charge in [-0.25, -0.2) is 10.2 Å². The second kappa shape index (κ2) is 10.5. The minimum absolute atomic E-state index is 0.215. The predicted octanol–water partition coefficient (Wildman–Crippen LogP) is 1.94. The normalized spacial score (nSPS) is 10.5. The Balaban J connectivity index is 1.88. The Kier molecular flexibility index (Phi) is 7.71. The lowest BCUT2D eigenvalue weighted by Gasteiger charge is -2.07. The highest BCUT2D eigenvalue weighted by atomic mass is 16.5. The van der Waals surface area contributed by atoms with Crippen LogP contribution >= 0.6 is 0 Å². The number of carboxylic acids is 1. The third kappa shape index (κ3) is 6.56. The Bertz CT molecular complexity index is 862. The molecule has 0 radical (unpaired) electrons. The lowest BCUT2D eigenvalue weighted by Crippen LogP contribution is -2.38. The highest BCUT2D eigenvalue weighted by molar-refractivity contribution is 6.35. The maximum absolute atomic E-state index is 11.5. The number of rotatable bonds is 8. The first kappa shape index (κ1) is 20.6. The van der Waals surface area contributed by atoms with E-state index in [0.29, 0.717) is 17.9 Å². The smallest absolute Gasteiger partial charge is 0.335 e. The van der Waals surface area contributed by atoms with Crippen molar-refractivity contribution < 1.29 is 24.2 Å². The largest absolute Gasteiger partial charge is 0.489 e. The van der Waals surface area contributed by atoms with Crippen molar-refractivity contribution in [1.82, 2.24) is 10.7 Å². The van der Waals surface area contributed by atoms with Crippen LogP contribution in [0.2, 0.25) is 0 Å². The number of benzene rings is 2. The molecule has 28 heavy (non-hydrogen) atoms. The van der Waals surface area contributed by atoms with E-state index in [9.17, 15) is 14.4 Å². The quantitative estimate of drug-likeness (QED) is 0.366. The Morgan fingerprint density at radius 2 is 1.86 bits per heavy atom. The topological polar surface area (TPSA) is 117 Å². The third-order valence-corrected chi connectivity index (χ3v) is 3.59. The van der Waals surface area contributed by atoms with Crippen molar-refractivity contribution in [3.8, 4) is 5.75 Å².